The zero-order valence-corrected chi connectivity index (χ0v) is 17.2. The number of hydrogen-bond acceptors (Lipinski definition) is 6. The van der Waals surface area contributed by atoms with Crippen molar-refractivity contribution in [2.24, 2.45) is 10.2 Å². The number of hydrogen-bond donors (Lipinski definition) is 3. The molecule has 30 heavy (non-hydrogen) atoms. The van der Waals surface area contributed by atoms with Crippen LogP contribution in [-0.2, 0) is 12.0 Å². The third-order valence-electron chi connectivity index (χ3n) is 4.33. The highest BCUT2D eigenvalue weighted by molar-refractivity contribution is 5.67. The number of azo groups is 1. The first-order valence-corrected chi connectivity index (χ1v) is 9.36. The van der Waals surface area contributed by atoms with Gasteiger partial charge < -0.3 is 9.84 Å². The third kappa shape index (κ3) is 4.01. The van der Waals surface area contributed by atoms with Gasteiger partial charge in [0.1, 0.15) is 0 Å². The molecule has 0 fully saturated rings. The molecule has 0 saturated heterocycles. The Labute approximate surface area is 173 Å². The highest BCUT2D eigenvalue weighted by Gasteiger charge is 2.24. The lowest BCUT2D eigenvalue weighted by Crippen LogP contribution is -2.14. The van der Waals surface area contributed by atoms with E-state index in [1.54, 1.807) is 31.2 Å². The molecule has 10 heteroatoms. The van der Waals surface area contributed by atoms with E-state index in [9.17, 15) is 9.90 Å². The van der Waals surface area contributed by atoms with Gasteiger partial charge in [-0.2, -0.15) is 5.10 Å². The van der Waals surface area contributed by atoms with Gasteiger partial charge in [0.2, 0.25) is 17.4 Å². The Hall–Kier alpha value is -3.71. The first-order chi connectivity index (χ1) is 14.3. The summed E-state index contributed by atoms with van der Waals surface area (Å²) in [5, 5.41) is 27.1. The molecule has 0 amide bonds. The fourth-order valence-corrected chi connectivity index (χ4v) is 2.80. The van der Waals surface area contributed by atoms with Crippen molar-refractivity contribution < 1.29 is 9.84 Å². The number of aromatic amines is 2. The lowest BCUT2D eigenvalue weighted by molar-refractivity contribution is 0.282. The number of rotatable bonds is 6. The van der Waals surface area contributed by atoms with Crippen molar-refractivity contribution in [1.29, 1.82) is 0 Å². The molecule has 10 nitrogen and oxygen atoms in total. The van der Waals surface area contributed by atoms with Crippen LogP contribution in [0.4, 0.5) is 17.2 Å². The second-order valence-electron chi connectivity index (χ2n) is 7.52. The van der Waals surface area contributed by atoms with Gasteiger partial charge in [0.25, 0.3) is 5.69 Å². The van der Waals surface area contributed by atoms with Gasteiger partial charge in [-0.3, -0.25) is 15.0 Å². The van der Waals surface area contributed by atoms with Gasteiger partial charge in [-0.05, 0) is 30.0 Å². The topological polar surface area (TPSA) is 125 Å². The Bertz CT molecular complexity index is 1160. The summed E-state index contributed by atoms with van der Waals surface area (Å²) in [5.74, 6) is 0.269. The molecule has 0 saturated carbocycles. The van der Waals surface area contributed by atoms with Crippen LogP contribution in [-0.4, -0.2) is 31.7 Å². The Kier molecular flexibility index (Phi) is 5.84. The molecular formula is C20H23N7O3. The van der Waals surface area contributed by atoms with Crippen molar-refractivity contribution in [2.75, 3.05) is 6.61 Å². The molecule has 0 aliphatic carbocycles. The number of benzene rings is 1. The Balaban J connectivity index is 2.04. The molecule has 2 aromatic heterocycles. The SMILES string of the molecule is [C-]#[N+]c1c(N=Nc2c(OCC)[nH]n(-c3ccc(CO)cc3)c2=O)n[nH]c1C(C)(C)C. The predicted molar refractivity (Wildman–Crippen MR) is 111 cm³/mol. The molecule has 3 N–H and O–H groups in total. The molecule has 0 radical (unpaired) electrons. The van der Waals surface area contributed by atoms with Gasteiger partial charge in [0, 0.05) is 5.69 Å². The molecule has 3 rings (SSSR count). The Morgan fingerprint density at radius 1 is 1.27 bits per heavy atom. The fraction of sp³-hybridized carbons (Fsp3) is 0.350. The van der Waals surface area contributed by atoms with Gasteiger partial charge in [-0.25, -0.2) is 9.53 Å². The minimum Gasteiger partial charge on any atom is -0.477 e. The van der Waals surface area contributed by atoms with E-state index < -0.39 is 5.56 Å². The molecule has 0 aliphatic heterocycles. The van der Waals surface area contributed by atoms with Crippen LogP contribution in [0.25, 0.3) is 10.5 Å². The second-order valence-corrected chi connectivity index (χ2v) is 7.52. The molecule has 0 bridgehead atoms. The molecule has 2 heterocycles. The van der Waals surface area contributed by atoms with Crippen LogP contribution < -0.4 is 10.3 Å². The third-order valence-corrected chi connectivity index (χ3v) is 4.33. The number of nitrogens with zero attached hydrogens (tertiary/aromatic N) is 5. The van der Waals surface area contributed by atoms with Crippen molar-refractivity contribution in [2.45, 2.75) is 39.7 Å². The molecular weight excluding hydrogens is 386 g/mol. The molecule has 1 aromatic carbocycles. The number of aromatic nitrogens is 4. The van der Waals surface area contributed by atoms with Crippen LogP contribution in [0.2, 0.25) is 0 Å². The summed E-state index contributed by atoms with van der Waals surface area (Å²) in [6.45, 7) is 15.3. The summed E-state index contributed by atoms with van der Waals surface area (Å²) in [5.41, 5.74) is 1.37. The number of aliphatic hydroxyl groups excluding tert-OH is 1. The molecule has 0 atom stereocenters. The van der Waals surface area contributed by atoms with Crippen LogP contribution in [0.5, 0.6) is 5.88 Å². The summed E-state index contributed by atoms with van der Waals surface area (Å²) in [7, 11) is 0. The summed E-state index contributed by atoms with van der Waals surface area (Å²) in [6.07, 6.45) is 0. The van der Waals surface area contributed by atoms with Crippen molar-refractivity contribution in [3.05, 3.63) is 57.3 Å². The van der Waals surface area contributed by atoms with E-state index in [0.29, 0.717) is 18.0 Å². The number of aliphatic hydroxyl groups is 1. The van der Waals surface area contributed by atoms with Crippen molar-refractivity contribution in [3.8, 4) is 11.6 Å². The summed E-state index contributed by atoms with van der Waals surface area (Å²) >= 11 is 0. The predicted octanol–water partition coefficient (Wildman–Crippen LogP) is 4.04. The highest BCUT2D eigenvalue weighted by Crippen LogP contribution is 2.37. The summed E-state index contributed by atoms with van der Waals surface area (Å²) < 4.78 is 6.79. The van der Waals surface area contributed by atoms with Crippen molar-refractivity contribution in [3.63, 3.8) is 0 Å². The van der Waals surface area contributed by atoms with E-state index in [1.165, 1.54) is 4.68 Å². The fourth-order valence-electron chi connectivity index (χ4n) is 2.80. The van der Waals surface area contributed by atoms with Crippen LogP contribution in [0.15, 0.2) is 39.3 Å². The van der Waals surface area contributed by atoms with E-state index >= 15 is 0 Å². The lowest BCUT2D eigenvalue weighted by atomic mass is 9.91. The maximum atomic E-state index is 12.9. The van der Waals surface area contributed by atoms with E-state index in [0.717, 1.165) is 5.56 Å². The smallest absolute Gasteiger partial charge is 0.303 e. The van der Waals surface area contributed by atoms with Gasteiger partial charge in [-0.15, -0.1) is 10.2 Å². The van der Waals surface area contributed by atoms with Crippen molar-refractivity contribution >= 4 is 17.2 Å². The molecule has 0 aliphatic rings. The molecule has 0 unspecified atom stereocenters. The van der Waals surface area contributed by atoms with Gasteiger partial charge in [0.05, 0.1) is 25.5 Å². The lowest BCUT2D eigenvalue weighted by Gasteiger charge is -2.16. The molecule has 156 valence electrons. The normalized spacial score (nSPS) is 11.7. The number of ether oxygens (including phenoxy) is 1. The molecule has 3 aromatic rings. The summed E-state index contributed by atoms with van der Waals surface area (Å²) in [4.78, 5) is 16.4. The van der Waals surface area contributed by atoms with Crippen molar-refractivity contribution in [1.82, 2.24) is 20.0 Å². The van der Waals surface area contributed by atoms with E-state index in [2.05, 4.69) is 30.4 Å². The first-order valence-electron chi connectivity index (χ1n) is 9.36. The average molecular weight is 409 g/mol. The quantitative estimate of drug-likeness (QED) is 0.419. The largest absolute Gasteiger partial charge is 0.477 e. The van der Waals surface area contributed by atoms with Gasteiger partial charge >= 0.3 is 5.56 Å². The van der Waals surface area contributed by atoms with Crippen LogP contribution in [0.1, 0.15) is 39.0 Å². The van der Waals surface area contributed by atoms with E-state index in [-0.39, 0.29) is 35.1 Å². The zero-order valence-electron chi connectivity index (χ0n) is 17.2. The zero-order chi connectivity index (χ0) is 21.9. The maximum Gasteiger partial charge on any atom is 0.303 e. The monoisotopic (exact) mass is 409 g/mol. The van der Waals surface area contributed by atoms with Gasteiger partial charge in [0.15, 0.2) is 0 Å². The van der Waals surface area contributed by atoms with Gasteiger partial charge in [-0.1, -0.05) is 32.9 Å². The first kappa shape index (κ1) is 21.0. The van der Waals surface area contributed by atoms with Crippen LogP contribution in [0, 0.1) is 6.57 Å². The number of nitrogens with one attached hydrogen (secondary N) is 2. The van der Waals surface area contributed by atoms with Crippen LogP contribution >= 0.6 is 0 Å². The number of H-pyrrole nitrogens is 2. The minimum absolute atomic E-state index is 0.0284. The maximum absolute atomic E-state index is 12.9. The minimum atomic E-state index is -0.463. The molecule has 0 spiro atoms. The highest BCUT2D eigenvalue weighted by atomic mass is 16.5. The van der Waals surface area contributed by atoms with Crippen LogP contribution in [0.3, 0.4) is 0 Å². The van der Waals surface area contributed by atoms with E-state index in [4.69, 9.17) is 11.3 Å². The average Bonchev–Trinajstić information content (AvgIpc) is 3.27. The Morgan fingerprint density at radius 2 is 1.97 bits per heavy atom. The standard InChI is InChI=1S/C20H23N7O3/c1-6-30-18-15(19(29)27(26-18)13-9-7-12(11-28)8-10-13)22-24-17-14(21-5)16(23-25-17)20(2,3)4/h7-10,26,28H,6,11H2,1-4H3,(H,23,25). The summed E-state index contributed by atoms with van der Waals surface area (Å²) in [6, 6.07) is 6.81. The Morgan fingerprint density at radius 3 is 2.53 bits per heavy atom. The second kappa shape index (κ2) is 8.34. The van der Waals surface area contributed by atoms with E-state index in [1.807, 2.05) is 20.8 Å².